The van der Waals surface area contributed by atoms with E-state index in [9.17, 15) is 4.79 Å². The molecule has 3 aromatic rings. The highest BCUT2D eigenvalue weighted by molar-refractivity contribution is 5.75. The van der Waals surface area contributed by atoms with E-state index in [4.69, 9.17) is 0 Å². The van der Waals surface area contributed by atoms with E-state index in [-0.39, 0.29) is 5.69 Å². The number of aromatic nitrogens is 2. The fourth-order valence-electron chi connectivity index (χ4n) is 3.49. The maximum Gasteiger partial charge on any atom is 0.329 e. The lowest BCUT2D eigenvalue weighted by molar-refractivity contribution is 0.206. The summed E-state index contributed by atoms with van der Waals surface area (Å²) in [6.45, 7) is 4.56. The quantitative estimate of drug-likeness (QED) is 0.741. The maximum atomic E-state index is 12.5. The van der Waals surface area contributed by atoms with Crippen molar-refractivity contribution in [1.82, 2.24) is 14.0 Å². The highest BCUT2D eigenvalue weighted by Gasteiger charge is 2.19. The summed E-state index contributed by atoms with van der Waals surface area (Å²) in [6, 6.07) is 18.5. The van der Waals surface area contributed by atoms with Crippen LogP contribution in [0.2, 0.25) is 0 Å². The van der Waals surface area contributed by atoms with Gasteiger partial charge in [0.15, 0.2) is 0 Å². The van der Waals surface area contributed by atoms with Crippen LogP contribution in [0.1, 0.15) is 0 Å². The van der Waals surface area contributed by atoms with Crippen molar-refractivity contribution < 1.29 is 0 Å². The van der Waals surface area contributed by atoms with Crippen molar-refractivity contribution >= 4 is 16.7 Å². The van der Waals surface area contributed by atoms with Gasteiger partial charge in [0.25, 0.3) is 0 Å². The van der Waals surface area contributed by atoms with Gasteiger partial charge >= 0.3 is 5.69 Å². The van der Waals surface area contributed by atoms with E-state index in [1.54, 1.807) is 4.57 Å². The number of imidazole rings is 1. The third-order valence-corrected chi connectivity index (χ3v) is 4.89. The first-order valence-electron chi connectivity index (χ1n) is 8.40. The van der Waals surface area contributed by atoms with E-state index in [0.717, 1.165) is 37.2 Å². The van der Waals surface area contributed by atoms with Crippen molar-refractivity contribution in [3.05, 3.63) is 65.1 Å². The first-order chi connectivity index (χ1) is 11.7. The molecule has 1 aromatic heterocycles. The molecule has 0 N–H and O–H groups in total. The van der Waals surface area contributed by atoms with Crippen molar-refractivity contribution in [2.75, 3.05) is 31.1 Å². The number of nitrogens with zero attached hydrogens (tertiary/aromatic N) is 4. The van der Waals surface area contributed by atoms with Crippen LogP contribution < -0.4 is 10.6 Å². The summed E-state index contributed by atoms with van der Waals surface area (Å²) in [6.07, 6.45) is 0. The van der Waals surface area contributed by atoms with Crippen LogP contribution in [0.15, 0.2) is 59.4 Å². The molecule has 2 aromatic carbocycles. The molecule has 0 spiro atoms. The van der Waals surface area contributed by atoms with Gasteiger partial charge in [-0.2, -0.15) is 0 Å². The largest absolute Gasteiger partial charge is 0.369 e. The van der Waals surface area contributed by atoms with E-state index in [1.807, 2.05) is 41.9 Å². The average molecular weight is 322 g/mol. The molecule has 24 heavy (non-hydrogen) atoms. The Hall–Kier alpha value is -2.53. The maximum absolute atomic E-state index is 12.5. The minimum Gasteiger partial charge on any atom is -0.369 e. The molecule has 0 atom stereocenters. The number of hydrogen-bond donors (Lipinski definition) is 0. The zero-order valence-electron chi connectivity index (χ0n) is 13.9. The molecule has 0 unspecified atom stereocenters. The molecule has 1 fully saturated rings. The fourth-order valence-corrected chi connectivity index (χ4v) is 3.49. The lowest BCUT2D eigenvalue weighted by Gasteiger charge is -2.36. The number of benzene rings is 2. The zero-order valence-corrected chi connectivity index (χ0v) is 13.9. The van der Waals surface area contributed by atoms with E-state index in [2.05, 4.69) is 34.1 Å². The van der Waals surface area contributed by atoms with Gasteiger partial charge in [0, 0.05) is 38.9 Å². The van der Waals surface area contributed by atoms with Crippen molar-refractivity contribution in [1.29, 1.82) is 0 Å². The van der Waals surface area contributed by atoms with Gasteiger partial charge < -0.3 is 4.90 Å². The van der Waals surface area contributed by atoms with Crippen LogP contribution in [0, 0.1) is 0 Å². The van der Waals surface area contributed by atoms with Crippen molar-refractivity contribution in [3.63, 3.8) is 0 Å². The van der Waals surface area contributed by atoms with Gasteiger partial charge in [-0.15, -0.1) is 0 Å². The summed E-state index contributed by atoms with van der Waals surface area (Å²) in [4.78, 5) is 17.3. The first-order valence-corrected chi connectivity index (χ1v) is 8.40. The zero-order chi connectivity index (χ0) is 16.5. The summed E-state index contributed by atoms with van der Waals surface area (Å²) >= 11 is 0. The number of fused-ring (bicyclic) bond motifs is 1. The van der Waals surface area contributed by atoms with Gasteiger partial charge in [0.05, 0.1) is 17.7 Å². The molecular weight excluding hydrogens is 300 g/mol. The Bertz CT molecular complexity index is 889. The summed E-state index contributed by atoms with van der Waals surface area (Å²) < 4.78 is 3.61. The molecule has 0 amide bonds. The molecule has 2 heterocycles. The minimum atomic E-state index is 0.0571. The number of aryl methyl sites for hydroxylation is 1. The van der Waals surface area contributed by atoms with Crippen LogP contribution in [0.25, 0.3) is 11.0 Å². The van der Waals surface area contributed by atoms with E-state index in [1.165, 1.54) is 5.69 Å². The molecule has 124 valence electrons. The van der Waals surface area contributed by atoms with Gasteiger partial charge in [-0.25, -0.2) is 4.79 Å². The highest BCUT2D eigenvalue weighted by atomic mass is 16.1. The molecule has 0 bridgehead atoms. The lowest BCUT2D eigenvalue weighted by atomic mass is 10.2. The SMILES string of the molecule is Cn1c(=O)n(CN2CCN(c3ccccc3)CC2)c2ccccc21. The number of piperazine rings is 1. The van der Waals surface area contributed by atoms with Crippen LogP contribution in [0.4, 0.5) is 5.69 Å². The van der Waals surface area contributed by atoms with E-state index >= 15 is 0 Å². The van der Waals surface area contributed by atoms with E-state index < -0.39 is 0 Å². The molecule has 5 nitrogen and oxygen atoms in total. The fraction of sp³-hybridized carbons (Fsp3) is 0.316. The Kier molecular flexibility index (Phi) is 3.86. The number of hydrogen-bond acceptors (Lipinski definition) is 3. The van der Waals surface area contributed by atoms with Crippen molar-refractivity contribution in [2.45, 2.75) is 6.67 Å². The van der Waals surface area contributed by atoms with Crippen molar-refractivity contribution in [2.24, 2.45) is 7.05 Å². The Morgan fingerprint density at radius 3 is 2.17 bits per heavy atom. The molecule has 0 radical (unpaired) electrons. The third-order valence-electron chi connectivity index (χ3n) is 4.89. The summed E-state index contributed by atoms with van der Waals surface area (Å²) in [5.74, 6) is 0. The normalized spacial score (nSPS) is 16.0. The van der Waals surface area contributed by atoms with Gasteiger partial charge in [0.2, 0.25) is 0 Å². The minimum absolute atomic E-state index is 0.0571. The van der Waals surface area contributed by atoms with Crippen LogP contribution in [-0.2, 0) is 13.7 Å². The molecule has 1 saturated heterocycles. The Morgan fingerprint density at radius 2 is 1.46 bits per heavy atom. The van der Waals surface area contributed by atoms with Gasteiger partial charge in [-0.05, 0) is 24.3 Å². The Morgan fingerprint density at radius 1 is 0.833 bits per heavy atom. The molecular formula is C19H22N4O. The molecule has 4 rings (SSSR count). The van der Waals surface area contributed by atoms with Crippen molar-refractivity contribution in [3.8, 4) is 0 Å². The number of para-hydroxylation sites is 3. The predicted octanol–water partition coefficient (Wildman–Crippen LogP) is 2.12. The van der Waals surface area contributed by atoms with Gasteiger partial charge in [-0.1, -0.05) is 30.3 Å². The molecule has 5 heteroatoms. The van der Waals surface area contributed by atoms with Crippen LogP contribution >= 0.6 is 0 Å². The monoisotopic (exact) mass is 322 g/mol. The van der Waals surface area contributed by atoms with Gasteiger partial charge in [0.1, 0.15) is 0 Å². The summed E-state index contributed by atoms with van der Waals surface area (Å²) in [7, 11) is 1.84. The second-order valence-electron chi connectivity index (χ2n) is 6.34. The van der Waals surface area contributed by atoms with E-state index in [0.29, 0.717) is 6.67 Å². The smallest absolute Gasteiger partial charge is 0.329 e. The lowest BCUT2D eigenvalue weighted by Crippen LogP contribution is -2.47. The Labute approximate surface area is 141 Å². The highest BCUT2D eigenvalue weighted by Crippen LogP contribution is 2.17. The number of rotatable bonds is 3. The molecule has 0 saturated carbocycles. The molecule has 0 aliphatic carbocycles. The third kappa shape index (κ3) is 2.61. The second kappa shape index (κ2) is 6.17. The second-order valence-corrected chi connectivity index (χ2v) is 6.34. The van der Waals surface area contributed by atoms with Gasteiger partial charge in [-0.3, -0.25) is 14.0 Å². The van der Waals surface area contributed by atoms with Crippen LogP contribution in [0.3, 0.4) is 0 Å². The Balaban J connectivity index is 1.50. The molecule has 1 aliphatic rings. The topological polar surface area (TPSA) is 33.4 Å². The average Bonchev–Trinajstić information content (AvgIpc) is 2.88. The predicted molar refractivity (Wildman–Crippen MR) is 97.4 cm³/mol. The van der Waals surface area contributed by atoms with Crippen LogP contribution in [-0.4, -0.2) is 40.2 Å². The van der Waals surface area contributed by atoms with Crippen LogP contribution in [0.5, 0.6) is 0 Å². The number of anilines is 1. The summed E-state index contributed by atoms with van der Waals surface area (Å²) in [5.41, 5.74) is 3.34. The standard InChI is InChI=1S/C19H22N4O/c1-20-17-9-5-6-10-18(17)23(19(20)24)15-21-11-13-22(14-12-21)16-7-3-2-4-8-16/h2-10H,11-15H2,1H3. The first kappa shape index (κ1) is 15.0. The molecule has 1 aliphatic heterocycles. The summed E-state index contributed by atoms with van der Waals surface area (Å²) in [5, 5.41) is 0.